The third-order valence-electron chi connectivity index (χ3n) is 3.04. The van der Waals surface area contributed by atoms with Gasteiger partial charge in [-0.25, -0.2) is 4.79 Å². The molecule has 5 nitrogen and oxygen atoms in total. The number of carbonyl (C=O) groups is 2. The second kappa shape index (κ2) is 3.81. The normalized spacial score (nSPS) is 30.6. The lowest BCUT2D eigenvalue weighted by Crippen LogP contribution is -2.40. The predicted octanol–water partition coefficient (Wildman–Crippen LogP) is -0.167. The number of carbonyl (C=O) groups excluding carboxylic acids is 1. The summed E-state index contributed by atoms with van der Waals surface area (Å²) < 4.78 is 0. The second-order valence-electron chi connectivity index (χ2n) is 4.44. The van der Waals surface area contributed by atoms with Crippen molar-refractivity contribution in [2.75, 3.05) is 6.54 Å². The lowest BCUT2D eigenvalue weighted by Gasteiger charge is -2.20. The first-order valence-corrected chi connectivity index (χ1v) is 5.28. The maximum atomic E-state index is 11.7. The Balaban J connectivity index is 1.98. The van der Waals surface area contributed by atoms with Crippen LogP contribution in [0.1, 0.15) is 25.7 Å². The Morgan fingerprint density at radius 1 is 1.33 bits per heavy atom. The standard InChI is InChI=1S/C10H15NO4/c12-7-4-8(10(14)15)11(5-7)9(13)3-6-1-2-6/h6-8,12H,1-5H2,(H,14,15)/t7-,8-/m1/s1. The van der Waals surface area contributed by atoms with Crippen molar-refractivity contribution in [2.45, 2.75) is 37.8 Å². The molecular weight excluding hydrogens is 198 g/mol. The number of hydrogen-bond acceptors (Lipinski definition) is 3. The third kappa shape index (κ3) is 2.28. The molecule has 1 aliphatic carbocycles. The van der Waals surface area contributed by atoms with Gasteiger partial charge < -0.3 is 15.1 Å². The molecule has 2 fully saturated rings. The van der Waals surface area contributed by atoms with E-state index in [9.17, 15) is 14.7 Å². The molecule has 0 spiro atoms. The fourth-order valence-electron chi connectivity index (χ4n) is 2.01. The van der Waals surface area contributed by atoms with E-state index in [1.165, 1.54) is 4.90 Å². The number of β-amino-alcohol motifs (C(OH)–C–C–N with tert-alkyl or cyclic N) is 1. The summed E-state index contributed by atoms with van der Waals surface area (Å²) in [7, 11) is 0. The largest absolute Gasteiger partial charge is 0.480 e. The zero-order chi connectivity index (χ0) is 11.0. The third-order valence-corrected chi connectivity index (χ3v) is 3.04. The Labute approximate surface area is 87.7 Å². The van der Waals surface area contributed by atoms with Crippen molar-refractivity contribution in [1.82, 2.24) is 4.90 Å². The van der Waals surface area contributed by atoms with Crippen molar-refractivity contribution in [3.8, 4) is 0 Å². The molecule has 15 heavy (non-hydrogen) atoms. The number of likely N-dealkylation sites (tertiary alicyclic amines) is 1. The molecule has 1 saturated carbocycles. The molecule has 1 saturated heterocycles. The quantitative estimate of drug-likeness (QED) is 0.682. The van der Waals surface area contributed by atoms with Crippen LogP contribution in [0.2, 0.25) is 0 Å². The predicted molar refractivity (Wildman–Crippen MR) is 51.1 cm³/mol. The molecule has 1 heterocycles. The van der Waals surface area contributed by atoms with E-state index in [1.54, 1.807) is 0 Å². The number of hydrogen-bond donors (Lipinski definition) is 2. The number of carboxylic acids is 1. The summed E-state index contributed by atoms with van der Waals surface area (Å²) in [5.74, 6) is -0.693. The lowest BCUT2D eigenvalue weighted by atomic mass is 10.2. The molecule has 0 bridgehead atoms. The van der Waals surface area contributed by atoms with Crippen molar-refractivity contribution in [2.24, 2.45) is 5.92 Å². The van der Waals surface area contributed by atoms with Gasteiger partial charge in [0, 0.05) is 19.4 Å². The summed E-state index contributed by atoms with van der Waals surface area (Å²) in [6.07, 6.45) is 2.05. The Morgan fingerprint density at radius 3 is 2.53 bits per heavy atom. The average Bonchev–Trinajstić information content (AvgIpc) is 2.86. The summed E-state index contributed by atoms with van der Waals surface area (Å²) in [6.45, 7) is 0.169. The van der Waals surface area contributed by atoms with Gasteiger partial charge in [0.05, 0.1) is 6.10 Å². The Morgan fingerprint density at radius 2 is 2.00 bits per heavy atom. The van der Waals surface area contributed by atoms with Crippen LogP contribution in [0.4, 0.5) is 0 Å². The molecule has 0 aromatic rings. The molecule has 1 amide bonds. The zero-order valence-corrected chi connectivity index (χ0v) is 8.43. The van der Waals surface area contributed by atoms with Gasteiger partial charge in [0.2, 0.25) is 5.91 Å². The van der Waals surface area contributed by atoms with Crippen LogP contribution in [0.3, 0.4) is 0 Å². The average molecular weight is 213 g/mol. The molecule has 0 radical (unpaired) electrons. The van der Waals surface area contributed by atoms with Crippen LogP contribution in [0.15, 0.2) is 0 Å². The minimum atomic E-state index is -1.02. The number of aliphatic hydroxyl groups is 1. The first kappa shape index (κ1) is 10.4. The highest BCUT2D eigenvalue weighted by Crippen LogP contribution is 2.34. The zero-order valence-electron chi connectivity index (χ0n) is 8.43. The SMILES string of the molecule is O=C(O)[C@H]1C[C@@H](O)CN1C(=O)CC1CC1. The van der Waals surface area contributed by atoms with Crippen molar-refractivity contribution in [1.29, 1.82) is 0 Å². The molecule has 0 aromatic carbocycles. The smallest absolute Gasteiger partial charge is 0.326 e. The highest BCUT2D eigenvalue weighted by atomic mass is 16.4. The molecule has 5 heteroatoms. The van der Waals surface area contributed by atoms with E-state index in [0.717, 1.165) is 12.8 Å². The number of aliphatic carboxylic acids is 1. The number of amides is 1. The van der Waals surface area contributed by atoms with Gasteiger partial charge in [0.15, 0.2) is 0 Å². The molecule has 1 aliphatic heterocycles. The van der Waals surface area contributed by atoms with E-state index in [0.29, 0.717) is 12.3 Å². The highest BCUT2D eigenvalue weighted by Gasteiger charge is 2.40. The molecule has 2 aliphatic rings. The Hall–Kier alpha value is -1.10. The monoisotopic (exact) mass is 213 g/mol. The molecule has 84 valence electrons. The van der Waals surface area contributed by atoms with Gasteiger partial charge in [-0.05, 0) is 18.8 Å². The Kier molecular flexibility index (Phi) is 2.65. The molecule has 2 N–H and O–H groups in total. The van der Waals surface area contributed by atoms with Gasteiger partial charge in [-0.3, -0.25) is 4.79 Å². The first-order valence-electron chi connectivity index (χ1n) is 5.28. The number of rotatable bonds is 3. The van der Waals surface area contributed by atoms with E-state index in [2.05, 4.69) is 0 Å². The van der Waals surface area contributed by atoms with E-state index in [4.69, 9.17) is 5.11 Å². The van der Waals surface area contributed by atoms with E-state index in [1.807, 2.05) is 0 Å². The first-order chi connectivity index (χ1) is 7.08. The minimum absolute atomic E-state index is 0.124. The summed E-state index contributed by atoms with van der Waals surface area (Å²) in [5, 5.41) is 18.3. The lowest BCUT2D eigenvalue weighted by molar-refractivity contribution is -0.148. The molecule has 0 aromatic heterocycles. The number of carboxylic acid groups (broad SMARTS) is 1. The van der Waals surface area contributed by atoms with Crippen LogP contribution in [-0.4, -0.2) is 45.7 Å². The highest BCUT2D eigenvalue weighted by molar-refractivity contribution is 5.84. The van der Waals surface area contributed by atoms with Gasteiger partial charge in [-0.15, -0.1) is 0 Å². The topological polar surface area (TPSA) is 77.8 Å². The van der Waals surface area contributed by atoms with Gasteiger partial charge in [-0.1, -0.05) is 0 Å². The van der Waals surface area contributed by atoms with Crippen LogP contribution in [-0.2, 0) is 9.59 Å². The van der Waals surface area contributed by atoms with Gasteiger partial charge in [0.25, 0.3) is 0 Å². The molecular formula is C10H15NO4. The van der Waals surface area contributed by atoms with Crippen molar-refractivity contribution in [3.63, 3.8) is 0 Å². The van der Waals surface area contributed by atoms with Gasteiger partial charge in [0.1, 0.15) is 6.04 Å². The van der Waals surface area contributed by atoms with E-state index in [-0.39, 0.29) is 18.9 Å². The van der Waals surface area contributed by atoms with Crippen molar-refractivity contribution >= 4 is 11.9 Å². The molecule has 0 unspecified atom stereocenters. The molecule has 2 atom stereocenters. The van der Waals surface area contributed by atoms with Crippen LogP contribution in [0, 0.1) is 5.92 Å². The fraction of sp³-hybridized carbons (Fsp3) is 0.800. The number of aliphatic hydroxyl groups excluding tert-OH is 1. The summed E-state index contributed by atoms with van der Waals surface area (Å²) in [6, 6.07) is -0.828. The van der Waals surface area contributed by atoms with Crippen LogP contribution >= 0.6 is 0 Å². The fourth-order valence-corrected chi connectivity index (χ4v) is 2.01. The summed E-state index contributed by atoms with van der Waals surface area (Å²) >= 11 is 0. The number of nitrogens with zero attached hydrogens (tertiary/aromatic N) is 1. The maximum Gasteiger partial charge on any atom is 0.326 e. The van der Waals surface area contributed by atoms with E-state index < -0.39 is 18.1 Å². The van der Waals surface area contributed by atoms with E-state index >= 15 is 0 Å². The van der Waals surface area contributed by atoms with Crippen molar-refractivity contribution in [3.05, 3.63) is 0 Å². The van der Waals surface area contributed by atoms with Gasteiger partial charge >= 0.3 is 5.97 Å². The molecule has 2 rings (SSSR count). The maximum absolute atomic E-state index is 11.7. The van der Waals surface area contributed by atoms with Crippen LogP contribution in [0.5, 0.6) is 0 Å². The van der Waals surface area contributed by atoms with Gasteiger partial charge in [-0.2, -0.15) is 0 Å². The van der Waals surface area contributed by atoms with Crippen LogP contribution in [0.25, 0.3) is 0 Å². The summed E-state index contributed by atoms with van der Waals surface area (Å²) in [5.41, 5.74) is 0. The Bertz CT molecular complexity index is 287. The van der Waals surface area contributed by atoms with Crippen LogP contribution < -0.4 is 0 Å². The summed E-state index contributed by atoms with van der Waals surface area (Å²) in [4.78, 5) is 23.9. The van der Waals surface area contributed by atoms with Crippen molar-refractivity contribution < 1.29 is 19.8 Å². The minimum Gasteiger partial charge on any atom is -0.480 e. The second-order valence-corrected chi connectivity index (χ2v) is 4.44.